The molecule has 0 saturated carbocycles. The summed E-state index contributed by atoms with van der Waals surface area (Å²) < 4.78 is 25.9. The Labute approximate surface area is 148 Å². The molecule has 2 rings (SSSR count). The smallest absolute Gasteiger partial charge is 0.224 e. The lowest BCUT2D eigenvalue weighted by Crippen LogP contribution is -2.30. The van der Waals surface area contributed by atoms with Gasteiger partial charge in [0.25, 0.3) is 0 Å². The van der Waals surface area contributed by atoms with Crippen molar-refractivity contribution in [1.82, 2.24) is 9.88 Å². The van der Waals surface area contributed by atoms with Gasteiger partial charge in [0.1, 0.15) is 6.10 Å². The number of aliphatic hydroxyl groups excluding tert-OH is 1. The average molecular weight is 364 g/mol. The van der Waals surface area contributed by atoms with E-state index in [1.54, 1.807) is 36.6 Å². The van der Waals surface area contributed by atoms with E-state index in [0.717, 1.165) is 5.69 Å². The number of aliphatic hydroxyl groups is 1. The number of hydrogen-bond donors (Lipinski definition) is 2. The van der Waals surface area contributed by atoms with Gasteiger partial charge in [0.05, 0.1) is 16.6 Å². The zero-order valence-electron chi connectivity index (χ0n) is 14.6. The van der Waals surface area contributed by atoms with E-state index in [9.17, 15) is 18.3 Å². The summed E-state index contributed by atoms with van der Waals surface area (Å²) in [4.78, 5) is 12.3. The van der Waals surface area contributed by atoms with Crippen LogP contribution in [0.1, 0.15) is 31.2 Å². The Bertz CT molecular complexity index is 823. The largest absolute Gasteiger partial charge is 0.385 e. The molecule has 6 nitrogen and oxygen atoms in total. The maximum Gasteiger partial charge on any atom is 0.224 e. The molecule has 0 aliphatic carbocycles. The lowest BCUT2D eigenvalue weighted by molar-refractivity contribution is -0.120. The average Bonchev–Trinajstić information content (AvgIpc) is 2.99. The van der Waals surface area contributed by atoms with Gasteiger partial charge in [0.2, 0.25) is 5.91 Å². The van der Waals surface area contributed by atoms with Crippen molar-refractivity contribution in [3.8, 4) is 0 Å². The van der Waals surface area contributed by atoms with E-state index >= 15 is 0 Å². The quantitative estimate of drug-likeness (QED) is 0.781. The number of aromatic nitrogens is 1. The first-order chi connectivity index (χ1) is 11.7. The molecule has 0 radical (unpaired) electrons. The van der Waals surface area contributed by atoms with Crippen LogP contribution in [0.5, 0.6) is 0 Å². The second kappa shape index (κ2) is 7.84. The number of hydrogen-bond acceptors (Lipinski definition) is 4. The second-order valence-electron chi connectivity index (χ2n) is 6.28. The fourth-order valence-corrected chi connectivity index (χ4v) is 3.51. The van der Waals surface area contributed by atoms with Gasteiger partial charge in [-0.05, 0) is 43.7 Å². The third kappa shape index (κ3) is 4.70. The van der Waals surface area contributed by atoms with Gasteiger partial charge in [0, 0.05) is 25.5 Å². The fourth-order valence-electron chi connectivity index (χ4n) is 2.45. The molecular formula is C18H24N2O4S. The lowest BCUT2D eigenvalue weighted by atomic mass is 10.1. The minimum Gasteiger partial charge on any atom is -0.385 e. The Kier molecular flexibility index (Phi) is 6.02. The Morgan fingerprint density at radius 2 is 1.84 bits per heavy atom. The molecule has 7 heteroatoms. The van der Waals surface area contributed by atoms with Crippen LogP contribution in [0.2, 0.25) is 0 Å². The number of nitrogens with one attached hydrogen (secondary N) is 1. The summed E-state index contributed by atoms with van der Waals surface area (Å²) in [7, 11) is -1.48. The Hall–Kier alpha value is -2.12. The predicted molar refractivity (Wildman–Crippen MR) is 95.9 cm³/mol. The monoisotopic (exact) mass is 364 g/mol. The number of benzene rings is 1. The third-order valence-corrected chi connectivity index (χ3v) is 6.23. The molecule has 0 bridgehead atoms. The number of aryl methyl sites for hydroxylation is 1. The number of carbonyl (C=O) groups is 1. The molecule has 136 valence electrons. The topological polar surface area (TPSA) is 88.4 Å². The Morgan fingerprint density at radius 1 is 1.20 bits per heavy atom. The number of sulfone groups is 1. The highest BCUT2D eigenvalue weighted by Crippen LogP contribution is 2.17. The number of rotatable bonds is 7. The molecule has 2 N–H and O–H groups in total. The first-order valence-corrected chi connectivity index (χ1v) is 9.65. The molecule has 0 aliphatic heterocycles. The van der Waals surface area contributed by atoms with E-state index in [2.05, 4.69) is 5.32 Å². The molecule has 1 unspecified atom stereocenters. The van der Waals surface area contributed by atoms with Crippen LogP contribution in [0.3, 0.4) is 0 Å². The third-order valence-electron chi connectivity index (χ3n) is 4.06. The van der Waals surface area contributed by atoms with Crippen LogP contribution in [0.25, 0.3) is 0 Å². The van der Waals surface area contributed by atoms with E-state index < -0.39 is 21.2 Å². The first-order valence-electron chi connectivity index (χ1n) is 8.10. The molecule has 1 aromatic heterocycles. The van der Waals surface area contributed by atoms with Crippen LogP contribution < -0.4 is 5.32 Å². The van der Waals surface area contributed by atoms with Crippen LogP contribution in [-0.4, -0.2) is 35.8 Å². The molecule has 0 spiro atoms. The minimum atomic E-state index is -3.31. The molecule has 0 saturated heterocycles. The molecule has 0 aliphatic rings. The van der Waals surface area contributed by atoms with Crippen LogP contribution in [-0.2, 0) is 28.1 Å². The van der Waals surface area contributed by atoms with Gasteiger partial charge >= 0.3 is 0 Å². The predicted octanol–water partition coefficient (Wildman–Crippen LogP) is 1.60. The molecule has 0 fully saturated rings. The highest BCUT2D eigenvalue weighted by Gasteiger charge is 2.19. The normalized spacial score (nSPS) is 13.0. The van der Waals surface area contributed by atoms with Crippen molar-refractivity contribution in [2.45, 2.75) is 36.5 Å². The molecule has 1 atom stereocenters. The summed E-state index contributed by atoms with van der Waals surface area (Å²) in [6, 6.07) is 9.95. The number of carbonyl (C=O) groups excluding carboxylic acids is 1. The highest BCUT2D eigenvalue weighted by molar-refractivity contribution is 7.92. The summed E-state index contributed by atoms with van der Waals surface area (Å²) in [6.45, 7) is 3.39. The number of nitrogens with zero attached hydrogens (tertiary/aromatic N) is 1. The van der Waals surface area contributed by atoms with Crippen molar-refractivity contribution in [1.29, 1.82) is 0 Å². The van der Waals surface area contributed by atoms with Crippen molar-refractivity contribution < 1.29 is 18.3 Å². The summed E-state index contributed by atoms with van der Waals surface area (Å²) in [5, 5.41) is 12.3. The van der Waals surface area contributed by atoms with Gasteiger partial charge in [-0.2, -0.15) is 0 Å². The van der Waals surface area contributed by atoms with Crippen molar-refractivity contribution in [2.75, 3.05) is 6.54 Å². The first kappa shape index (κ1) is 19.2. The lowest BCUT2D eigenvalue weighted by Gasteiger charge is -2.13. The maximum atomic E-state index is 12.1. The molecule has 1 aromatic carbocycles. The fraction of sp³-hybridized carbons (Fsp3) is 0.389. The molecule has 1 amide bonds. The summed E-state index contributed by atoms with van der Waals surface area (Å²) in [6.07, 6.45) is 1.18. The SMILES string of the molecule is CC(C)S(=O)(=O)c1ccc(CC(=O)NCC(O)c2cccn2C)cc1. The van der Waals surface area contributed by atoms with Crippen LogP contribution in [0.15, 0.2) is 47.5 Å². The van der Waals surface area contributed by atoms with Gasteiger partial charge < -0.3 is 15.0 Å². The van der Waals surface area contributed by atoms with E-state index in [0.29, 0.717) is 5.56 Å². The summed E-state index contributed by atoms with van der Waals surface area (Å²) in [5.74, 6) is -0.229. The minimum absolute atomic E-state index is 0.122. The van der Waals surface area contributed by atoms with Crippen molar-refractivity contribution in [3.05, 3.63) is 53.9 Å². The molecular weight excluding hydrogens is 340 g/mol. The maximum absolute atomic E-state index is 12.1. The van der Waals surface area contributed by atoms with Crippen molar-refractivity contribution in [2.24, 2.45) is 7.05 Å². The van der Waals surface area contributed by atoms with Crippen LogP contribution in [0.4, 0.5) is 0 Å². The second-order valence-corrected chi connectivity index (χ2v) is 8.78. The van der Waals surface area contributed by atoms with Gasteiger partial charge in [-0.3, -0.25) is 4.79 Å². The van der Waals surface area contributed by atoms with Crippen molar-refractivity contribution >= 4 is 15.7 Å². The van der Waals surface area contributed by atoms with Gasteiger partial charge in [-0.1, -0.05) is 12.1 Å². The van der Waals surface area contributed by atoms with Gasteiger partial charge in [-0.25, -0.2) is 8.42 Å². The summed E-state index contributed by atoms with van der Waals surface area (Å²) >= 11 is 0. The Morgan fingerprint density at radius 3 is 2.36 bits per heavy atom. The van der Waals surface area contributed by atoms with E-state index in [1.807, 2.05) is 19.3 Å². The van der Waals surface area contributed by atoms with Gasteiger partial charge in [0.15, 0.2) is 9.84 Å². The summed E-state index contributed by atoms with van der Waals surface area (Å²) in [5.41, 5.74) is 1.44. The van der Waals surface area contributed by atoms with Gasteiger partial charge in [-0.15, -0.1) is 0 Å². The molecule has 25 heavy (non-hydrogen) atoms. The Balaban J connectivity index is 1.92. The molecule has 2 aromatic rings. The van der Waals surface area contributed by atoms with E-state index in [-0.39, 0.29) is 23.8 Å². The van der Waals surface area contributed by atoms with Crippen molar-refractivity contribution in [3.63, 3.8) is 0 Å². The van der Waals surface area contributed by atoms with E-state index in [1.165, 1.54) is 12.1 Å². The van der Waals surface area contributed by atoms with Crippen LogP contribution >= 0.6 is 0 Å². The van der Waals surface area contributed by atoms with Crippen LogP contribution in [0, 0.1) is 0 Å². The standard InChI is InChI=1S/C18H24N2O4S/c1-13(2)25(23,24)15-8-6-14(7-9-15)11-18(22)19-12-17(21)16-5-4-10-20(16)3/h4-10,13,17,21H,11-12H2,1-3H3,(H,19,22). The van der Waals surface area contributed by atoms with E-state index in [4.69, 9.17) is 0 Å². The number of amides is 1. The highest BCUT2D eigenvalue weighted by atomic mass is 32.2. The zero-order chi connectivity index (χ0) is 18.6. The zero-order valence-corrected chi connectivity index (χ0v) is 15.5. The molecule has 1 heterocycles.